The number of sulfonamides is 1. The van der Waals surface area contributed by atoms with E-state index in [2.05, 4.69) is 21.2 Å². The summed E-state index contributed by atoms with van der Waals surface area (Å²) in [7, 11) is -3.75. The molecule has 1 heterocycles. The van der Waals surface area contributed by atoms with Gasteiger partial charge in [-0.05, 0) is 40.2 Å². The van der Waals surface area contributed by atoms with Crippen molar-refractivity contribution in [2.24, 2.45) is 5.14 Å². The molecule has 21 heavy (non-hydrogen) atoms. The lowest BCUT2D eigenvalue weighted by Crippen LogP contribution is -2.12. The van der Waals surface area contributed by atoms with E-state index in [1.54, 1.807) is 12.1 Å². The quantitative estimate of drug-likeness (QED) is 0.600. The Hall–Kier alpha value is -1.49. The van der Waals surface area contributed by atoms with Crippen LogP contribution in [0, 0.1) is 10.1 Å². The van der Waals surface area contributed by atoms with E-state index in [4.69, 9.17) is 5.14 Å². The fourth-order valence-corrected chi connectivity index (χ4v) is 3.53. The molecule has 0 radical (unpaired) electrons. The van der Waals surface area contributed by atoms with E-state index in [9.17, 15) is 18.5 Å². The first-order valence-electron chi connectivity index (χ1n) is 5.56. The molecule has 1 aromatic carbocycles. The molecule has 112 valence electrons. The molecule has 7 nitrogen and oxygen atoms in total. The molecule has 0 saturated heterocycles. The molecule has 0 fully saturated rings. The molecule has 1 aromatic heterocycles. The van der Waals surface area contributed by atoms with Gasteiger partial charge in [0.25, 0.3) is 0 Å². The molecule has 0 bridgehead atoms. The molecule has 2 rings (SSSR count). The Labute approximate surface area is 133 Å². The molecule has 2 aromatic rings. The lowest BCUT2D eigenvalue weighted by Gasteiger charge is -2.08. The Bertz CT molecular complexity index is 789. The minimum atomic E-state index is -3.75. The number of primary sulfonamides is 1. The van der Waals surface area contributed by atoms with Crippen molar-refractivity contribution in [1.29, 1.82) is 0 Å². The van der Waals surface area contributed by atoms with Crippen molar-refractivity contribution in [2.75, 3.05) is 5.32 Å². The summed E-state index contributed by atoms with van der Waals surface area (Å²) in [6, 6.07) is 7.48. The molecule has 0 atom stereocenters. The summed E-state index contributed by atoms with van der Waals surface area (Å²) in [5.74, 6) is 0. The third-order valence-electron chi connectivity index (χ3n) is 2.55. The first kappa shape index (κ1) is 15.9. The fraction of sp³-hybridized carbons (Fsp3) is 0.0909. The van der Waals surface area contributed by atoms with Crippen LogP contribution in [0.25, 0.3) is 0 Å². The van der Waals surface area contributed by atoms with Crippen molar-refractivity contribution in [3.63, 3.8) is 0 Å². The van der Waals surface area contributed by atoms with Crippen molar-refractivity contribution in [3.8, 4) is 0 Å². The maximum Gasteiger partial charge on any atom is 0.324 e. The summed E-state index contributed by atoms with van der Waals surface area (Å²) in [5, 5.41) is 18.8. The summed E-state index contributed by atoms with van der Waals surface area (Å²) < 4.78 is 23.0. The number of halogens is 1. The highest BCUT2D eigenvalue weighted by Gasteiger charge is 2.12. The number of nitro groups is 1. The molecular weight excluding hydrogens is 382 g/mol. The molecule has 0 aliphatic carbocycles. The number of thiophene rings is 1. The van der Waals surface area contributed by atoms with Gasteiger partial charge < -0.3 is 5.32 Å². The van der Waals surface area contributed by atoms with E-state index in [1.165, 1.54) is 18.2 Å². The first-order valence-corrected chi connectivity index (χ1v) is 8.72. The maximum atomic E-state index is 11.2. The Morgan fingerprint density at radius 1 is 1.33 bits per heavy atom. The van der Waals surface area contributed by atoms with E-state index in [0.29, 0.717) is 16.7 Å². The minimum Gasteiger partial charge on any atom is -0.379 e. The second kappa shape index (κ2) is 6.10. The molecule has 0 aliphatic rings. The Morgan fingerprint density at radius 3 is 2.57 bits per heavy atom. The number of nitrogens with zero attached hydrogens (tertiary/aromatic N) is 1. The number of hydrogen-bond acceptors (Lipinski definition) is 6. The van der Waals surface area contributed by atoms with Gasteiger partial charge in [-0.2, -0.15) is 0 Å². The van der Waals surface area contributed by atoms with Gasteiger partial charge in [0.05, 0.1) is 9.82 Å². The molecule has 3 N–H and O–H groups in total. The summed E-state index contributed by atoms with van der Waals surface area (Å²) in [5.41, 5.74) is 0.665. The molecule has 0 unspecified atom stereocenters. The van der Waals surface area contributed by atoms with Crippen molar-refractivity contribution >= 4 is 48.0 Å². The van der Waals surface area contributed by atoms with Crippen molar-refractivity contribution in [3.05, 3.63) is 49.8 Å². The third kappa shape index (κ3) is 4.00. The summed E-state index contributed by atoms with van der Waals surface area (Å²) in [6.07, 6.45) is 0. The predicted octanol–water partition coefficient (Wildman–Crippen LogP) is 2.68. The highest BCUT2D eigenvalue weighted by molar-refractivity contribution is 9.10. The zero-order valence-corrected chi connectivity index (χ0v) is 13.7. The second-order valence-corrected chi connectivity index (χ2v) is 7.60. The van der Waals surface area contributed by atoms with Crippen LogP contribution in [0.5, 0.6) is 0 Å². The van der Waals surface area contributed by atoms with E-state index in [-0.39, 0.29) is 9.90 Å². The standard InChI is InChI=1S/C11H10BrN3O4S2/c12-9-5-8(21(13,18)19)2-3-10(9)14-6-7-1-4-11(20-7)15(16)17/h1-5,14H,6H2,(H2,13,18,19). The van der Waals surface area contributed by atoms with Crippen LogP contribution in [0.1, 0.15) is 4.88 Å². The van der Waals surface area contributed by atoms with Gasteiger partial charge in [0.1, 0.15) is 0 Å². The topological polar surface area (TPSA) is 115 Å². The predicted molar refractivity (Wildman–Crippen MR) is 83.8 cm³/mol. The van der Waals surface area contributed by atoms with Gasteiger partial charge in [0, 0.05) is 27.6 Å². The normalized spacial score (nSPS) is 11.3. The van der Waals surface area contributed by atoms with Crippen LogP contribution in [0.4, 0.5) is 10.7 Å². The van der Waals surface area contributed by atoms with Gasteiger partial charge >= 0.3 is 5.00 Å². The van der Waals surface area contributed by atoms with Crippen molar-refractivity contribution in [1.82, 2.24) is 0 Å². The SMILES string of the molecule is NS(=O)(=O)c1ccc(NCc2ccc([N+](=O)[O-])s2)c(Br)c1. The largest absolute Gasteiger partial charge is 0.379 e. The summed E-state index contributed by atoms with van der Waals surface area (Å²) >= 11 is 4.33. The van der Waals surface area contributed by atoms with Gasteiger partial charge in [-0.3, -0.25) is 10.1 Å². The molecule has 10 heteroatoms. The smallest absolute Gasteiger partial charge is 0.324 e. The van der Waals surface area contributed by atoms with E-state index >= 15 is 0 Å². The average molecular weight is 392 g/mol. The van der Waals surface area contributed by atoms with Crippen LogP contribution in [-0.4, -0.2) is 13.3 Å². The van der Waals surface area contributed by atoms with Crippen molar-refractivity contribution in [2.45, 2.75) is 11.4 Å². The summed E-state index contributed by atoms with van der Waals surface area (Å²) in [4.78, 5) is 11.0. The lowest BCUT2D eigenvalue weighted by molar-refractivity contribution is -0.380. The van der Waals surface area contributed by atoms with E-state index in [0.717, 1.165) is 16.2 Å². The van der Waals surface area contributed by atoms with E-state index in [1.807, 2.05) is 0 Å². The van der Waals surface area contributed by atoms with Crippen LogP contribution >= 0.6 is 27.3 Å². The van der Waals surface area contributed by atoms with Crippen LogP contribution in [-0.2, 0) is 16.6 Å². The Kier molecular flexibility index (Phi) is 4.61. The van der Waals surface area contributed by atoms with Crippen LogP contribution < -0.4 is 10.5 Å². The Morgan fingerprint density at radius 2 is 2.05 bits per heavy atom. The number of benzene rings is 1. The average Bonchev–Trinajstić information content (AvgIpc) is 2.85. The van der Waals surface area contributed by atoms with Gasteiger partial charge in [-0.25, -0.2) is 13.6 Å². The highest BCUT2D eigenvalue weighted by Crippen LogP contribution is 2.28. The molecular formula is C11H10BrN3O4S2. The van der Waals surface area contributed by atoms with Crippen molar-refractivity contribution < 1.29 is 13.3 Å². The van der Waals surface area contributed by atoms with E-state index < -0.39 is 14.9 Å². The number of nitrogens with one attached hydrogen (secondary N) is 1. The second-order valence-electron chi connectivity index (χ2n) is 4.04. The fourth-order valence-electron chi connectivity index (χ4n) is 1.56. The number of anilines is 1. The molecule has 0 saturated carbocycles. The number of hydrogen-bond donors (Lipinski definition) is 2. The maximum absolute atomic E-state index is 11.2. The van der Waals surface area contributed by atoms with Gasteiger partial charge in [0.2, 0.25) is 10.0 Å². The molecule has 0 amide bonds. The number of rotatable bonds is 5. The van der Waals surface area contributed by atoms with Crippen LogP contribution in [0.3, 0.4) is 0 Å². The Balaban J connectivity index is 2.11. The first-order chi connectivity index (χ1) is 9.77. The van der Waals surface area contributed by atoms with Gasteiger partial charge in [-0.15, -0.1) is 0 Å². The van der Waals surface area contributed by atoms with Gasteiger partial charge in [-0.1, -0.05) is 11.3 Å². The third-order valence-corrected chi connectivity index (χ3v) is 5.15. The van der Waals surface area contributed by atoms with Gasteiger partial charge in [0.15, 0.2) is 0 Å². The summed E-state index contributed by atoms with van der Waals surface area (Å²) in [6.45, 7) is 0.395. The molecule has 0 spiro atoms. The highest BCUT2D eigenvalue weighted by atomic mass is 79.9. The van der Waals surface area contributed by atoms with Crippen LogP contribution in [0.15, 0.2) is 39.7 Å². The number of nitrogens with two attached hydrogens (primary N) is 1. The molecule has 0 aliphatic heterocycles. The zero-order chi connectivity index (χ0) is 15.6. The monoisotopic (exact) mass is 391 g/mol. The minimum absolute atomic E-state index is 0.00619. The lowest BCUT2D eigenvalue weighted by atomic mass is 10.3. The van der Waals surface area contributed by atoms with Crippen LogP contribution in [0.2, 0.25) is 0 Å². The zero-order valence-electron chi connectivity index (χ0n) is 10.4.